The summed E-state index contributed by atoms with van der Waals surface area (Å²) in [6, 6.07) is 0. The van der Waals surface area contributed by atoms with E-state index in [4.69, 9.17) is 46.4 Å². The van der Waals surface area contributed by atoms with E-state index in [9.17, 15) is 4.79 Å². The van der Waals surface area contributed by atoms with Crippen LogP contribution in [-0.4, -0.2) is 52.5 Å². The highest BCUT2D eigenvalue weighted by Gasteiger charge is 2.11. The second kappa shape index (κ2) is 14.5. The van der Waals surface area contributed by atoms with Gasteiger partial charge in [0.2, 0.25) is 10.6 Å². The van der Waals surface area contributed by atoms with Crippen molar-refractivity contribution in [2.24, 2.45) is 0 Å². The molecule has 0 aliphatic rings. The molecular weight excluding hydrogens is 550 g/mol. The van der Waals surface area contributed by atoms with Gasteiger partial charge < -0.3 is 14.3 Å². The van der Waals surface area contributed by atoms with Crippen LogP contribution in [0, 0.1) is 0 Å². The van der Waals surface area contributed by atoms with Gasteiger partial charge in [-0.3, -0.25) is 4.79 Å². The monoisotopic (exact) mass is 574 g/mol. The number of carbonyl (C=O) groups is 1. The Kier molecular flexibility index (Phi) is 11.4. The number of imidazole rings is 2. The lowest BCUT2D eigenvalue weighted by molar-refractivity contribution is -0.140. The van der Waals surface area contributed by atoms with Crippen molar-refractivity contribution in [3.63, 3.8) is 0 Å². The molecule has 0 amide bonds. The largest absolute Gasteiger partial charge is 0.469 e. The van der Waals surface area contributed by atoms with Crippen LogP contribution in [0.4, 0.5) is 0 Å². The number of nitrogens with one attached hydrogen (secondary N) is 1. The number of rotatable bonds is 11. The molecule has 0 aliphatic heterocycles. The van der Waals surface area contributed by atoms with Crippen LogP contribution < -0.4 is 0 Å². The Morgan fingerprint density at radius 1 is 0.833 bits per heavy atom. The molecule has 0 bridgehead atoms. The molecule has 0 saturated heterocycles. The van der Waals surface area contributed by atoms with Crippen LogP contribution in [0.5, 0.6) is 0 Å². The number of aromatic nitrogens is 8. The van der Waals surface area contributed by atoms with E-state index in [1.807, 2.05) is 4.57 Å². The summed E-state index contributed by atoms with van der Waals surface area (Å²) in [4.78, 5) is 37.5. The number of H-pyrrole nitrogens is 1. The highest BCUT2D eigenvalue weighted by Crippen LogP contribution is 2.22. The molecule has 4 aromatic heterocycles. The van der Waals surface area contributed by atoms with Crippen LogP contribution in [0.25, 0.3) is 22.3 Å². The molecule has 4 rings (SSSR count). The molecule has 4 heterocycles. The minimum atomic E-state index is -0.111. The van der Waals surface area contributed by atoms with Crippen molar-refractivity contribution in [3.8, 4) is 0 Å². The van der Waals surface area contributed by atoms with Gasteiger partial charge in [0.25, 0.3) is 0 Å². The van der Waals surface area contributed by atoms with Crippen LogP contribution in [-0.2, 0) is 16.1 Å². The maximum atomic E-state index is 11.0. The molecule has 194 valence electrons. The molecule has 0 fully saturated rings. The summed E-state index contributed by atoms with van der Waals surface area (Å²) in [5.74, 6) is -0.111. The zero-order chi connectivity index (χ0) is 25.9. The van der Waals surface area contributed by atoms with E-state index < -0.39 is 0 Å². The molecule has 0 aromatic carbocycles. The molecule has 0 atom stereocenters. The predicted molar refractivity (Wildman–Crippen MR) is 141 cm³/mol. The number of unbranched alkanes of at least 4 members (excludes halogenated alkanes) is 7. The van der Waals surface area contributed by atoms with Crippen molar-refractivity contribution in [1.29, 1.82) is 0 Å². The number of esters is 1. The summed E-state index contributed by atoms with van der Waals surface area (Å²) in [5, 5.41) is 0.862. The Bertz CT molecular complexity index is 1280. The van der Waals surface area contributed by atoms with Gasteiger partial charge in [-0.2, -0.15) is 9.97 Å². The average molecular weight is 576 g/mol. The highest BCUT2D eigenvalue weighted by atomic mass is 35.5. The summed E-state index contributed by atoms with van der Waals surface area (Å²) < 4.78 is 6.61. The van der Waals surface area contributed by atoms with Crippen molar-refractivity contribution in [3.05, 3.63) is 33.5 Å². The Balaban J connectivity index is 0.000000270. The van der Waals surface area contributed by atoms with Gasteiger partial charge in [-0.1, -0.05) is 61.7 Å². The van der Waals surface area contributed by atoms with Gasteiger partial charge in [0, 0.05) is 13.0 Å². The maximum Gasteiger partial charge on any atom is 0.305 e. The number of methoxy groups -OCH3 is 1. The van der Waals surface area contributed by atoms with E-state index in [0.29, 0.717) is 28.4 Å². The maximum absolute atomic E-state index is 11.0. The molecule has 14 heteroatoms. The van der Waals surface area contributed by atoms with Gasteiger partial charge in [0.1, 0.15) is 11.0 Å². The van der Waals surface area contributed by atoms with E-state index in [1.54, 1.807) is 6.33 Å². The number of fused-ring (bicyclic) bond motifs is 2. The minimum Gasteiger partial charge on any atom is -0.469 e. The van der Waals surface area contributed by atoms with E-state index in [1.165, 1.54) is 39.1 Å². The lowest BCUT2D eigenvalue weighted by Crippen LogP contribution is -1.99. The minimum absolute atomic E-state index is 0.106. The van der Waals surface area contributed by atoms with E-state index in [0.717, 1.165) is 37.7 Å². The number of carbonyl (C=O) groups excluding carboxylic acids is 1. The summed E-state index contributed by atoms with van der Waals surface area (Å²) in [6.45, 7) is 0.848. The quantitative estimate of drug-likeness (QED) is 0.0932. The predicted octanol–water partition coefficient (Wildman–Crippen LogP) is 6.48. The lowest BCUT2D eigenvalue weighted by atomic mass is 10.1. The topological polar surface area (TPSA) is 124 Å². The molecule has 0 radical (unpaired) electrons. The first-order valence-electron chi connectivity index (χ1n) is 11.5. The van der Waals surface area contributed by atoms with Crippen LogP contribution in [0.2, 0.25) is 20.9 Å². The molecule has 36 heavy (non-hydrogen) atoms. The molecular formula is C22H26Cl4N8O2. The fraction of sp³-hybridized carbons (Fsp3) is 0.500. The van der Waals surface area contributed by atoms with E-state index >= 15 is 0 Å². The Morgan fingerprint density at radius 3 is 2.14 bits per heavy atom. The third-order valence-corrected chi connectivity index (χ3v) is 6.25. The van der Waals surface area contributed by atoms with Gasteiger partial charge in [0.05, 0.1) is 19.8 Å². The second-order valence-electron chi connectivity index (χ2n) is 7.93. The van der Waals surface area contributed by atoms with Gasteiger partial charge >= 0.3 is 5.97 Å². The summed E-state index contributed by atoms with van der Waals surface area (Å²) in [7, 11) is 1.44. The molecule has 0 spiro atoms. The number of aryl methyl sites for hydroxylation is 1. The Morgan fingerprint density at radius 2 is 1.44 bits per heavy atom. The zero-order valence-corrected chi connectivity index (χ0v) is 22.7. The van der Waals surface area contributed by atoms with Crippen LogP contribution in [0.1, 0.15) is 57.8 Å². The molecule has 4 aromatic rings. The van der Waals surface area contributed by atoms with Crippen molar-refractivity contribution in [1.82, 2.24) is 39.5 Å². The van der Waals surface area contributed by atoms with Gasteiger partial charge in [-0.05, 0) is 36.0 Å². The standard InChI is InChI=1S/C17H24Cl2N4O2.C5H2Cl2N4/c1-25-13(24)10-8-6-4-2-3-5-7-9-11-23-12-20-16-14(23)15(18)21-17(19)22-16;6-3-2-4(9-1-8-2)11-5(7)10-3/h12H,2-11H2,1H3;1H,(H,8,9,10,11). The van der Waals surface area contributed by atoms with Crippen molar-refractivity contribution >= 4 is 74.7 Å². The summed E-state index contributed by atoms with van der Waals surface area (Å²) in [6.07, 6.45) is 12.8. The lowest BCUT2D eigenvalue weighted by Gasteiger charge is -2.05. The second-order valence-corrected chi connectivity index (χ2v) is 9.32. The van der Waals surface area contributed by atoms with Gasteiger partial charge in [0.15, 0.2) is 21.6 Å². The van der Waals surface area contributed by atoms with Gasteiger partial charge in [-0.25, -0.2) is 19.9 Å². The number of halogens is 4. The normalized spacial score (nSPS) is 11.0. The average Bonchev–Trinajstić information content (AvgIpc) is 3.47. The molecule has 0 aliphatic carbocycles. The Labute approximate surface area is 228 Å². The van der Waals surface area contributed by atoms with Crippen molar-refractivity contribution < 1.29 is 9.53 Å². The first kappa shape index (κ1) is 28.3. The number of ether oxygens (including phenoxy) is 1. The Hall–Kier alpha value is -2.27. The SMILES string of the molecule is COC(=O)CCCCCCCCCCn1cnc2nc(Cl)nc(Cl)c21.Clc1nc(Cl)c2[nH]cnc2n1. The van der Waals surface area contributed by atoms with E-state index in [-0.39, 0.29) is 21.7 Å². The van der Waals surface area contributed by atoms with E-state index in [2.05, 4.69) is 39.6 Å². The summed E-state index contributed by atoms with van der Waals surface area (Å²) in [5.41, 5.74) is 2.37. The van der Waals surface area contributed by atoms with Crippen LogP contribution in [0.3, 0.4) is 0 Å². The third kappa shape index (κ3) is 8.40. The first-order valence-corrected chi connectivity index (χ1v) is 13.0. The molecule has 1 N–H and O–H groups in total. The third-order valence-electron chi connectivity index (χ3n) is 5.37. The molecule has 0 unspecified atom stereocenters. The van der Waals surface area contributed by atoms with Crippen molar-refractivity contribution in [2.75, 3.05) is 7.11 Å². The van der Waals surface area contributed by atoms with Gasteiger partial charge in [-0.15, -0.1) is 0 Å². The smallest absolute Gasteiger partial charge is 0.305 e. The number of hydrogen-bond acceptors (Lipinski definition) is 8. The first-order chi connectivity index (χ1) is 17.4. The number of nitrogens with zero attached hydrogens (tertiary/aromatic N) is 7. The van der Waals surface area contributed by atoms with Crippen LogP contribution in [0.15, 0.2) is 12.7 Å². The highest BCUT2D eigenvalue weighted by molar-refractivity contribution is 6.35. The number of aromatic amines is 1. The van der Waals surface area contributed by atoms with Crippen molar-refractivity contribution in [2.45, 2.75) is 64.3 Å². The van der Waals surface area contributed by atoms with Crippen LogP contribution >= 0.6 is 46.4 Å². The molecule has 0 saturated carbocycles. The zero-order valence-electron chi connectivity index (χ0n) is 19.7. The number of hydrogen-bond donors (Lipinski definition) is 1. The fourth-order valence-electron chi connectivity index (χ4n) is 3.57. The molecule has 10 nitrogen and oxygen atoms in total. The summed E-state index contributed by atoms with van der Waals surface area (Å²) >= 11 is 23.1. The fourth-order valence-corrected chi connectivity index (χ4v) is 4.48.